The maximum absolute atomic E-state index is 11.8. The van der Waals surface area contributed by atoms with Crippen LogP contribution >= 0.6 is 0 Å². The number of carbonyl (C=O) groups excluding carboxylic acids is 1. The van der Waals surface area contributed by atoms with E-state index in [1.807, 2.05) is 12.1 Å². The maximum Gasteiger partial charge on any atom is 0.317 e. The van der Waals surface area contributed by atoms with Crippen LogP contribution in [0.3, 0.4) is 0 Å². The summed E-state index contributed by atoms with van der Waals surface area (Å²) in [6, 6.07) is 7.15. The highest BCUT2D eigenvalue weighted by Crippen LogP contribution is 2.07. The highest BCUT2D eigenvalue weighted by atomic mass is 16.4. The first kappa shape index (κ1) is 15.8. The molecule has 6 nitrogen and oxygen atoms in total. The van der Waals surface area contributed by atoms with Crippen LogP contribution in [0.1, 0.15) is 30.9 Å². The van der Waals surface area contributed by atoms with Crippen molar-refractivity contribution < 1.29 is 10.0 Å². The molecule has 0 heterocycles. The second-order valence-electron chi connectivity index (χ2n) is 4.63. The van der Waals surface area contributed by atoms with Gasteiger partial charge in [0.1, 0.15) is 0 Å². The molecule has 20 heavy (non-hydrogen) atoms. The minimum absolute atomic E-state index is 0.0573. The number of amidine groups is 1. The Hall–Kier alpha value is -2.24. The van der Waals surface area contributed by atoms with Gasteiger partial charge in [-0.15, -0.1) is 0 Å². The van der Waals surface area contributed by atoms with E-state index in [4.69, 9.17) is 10.9 Å². The van der Waals surface area contributed by atoms with Crippen LogP contribution in [0.5, 0.6) is 0 Å². The first-order chi connectivity index (χ1) is 9.58. The first-order valence-corrected chi connectivity index (χ1v) is 6.64. The van der Waals surface area contributed by atoms with Crippen molar-refractivity contribution >= 4 is 11.9 Å². The smallest absolute Gasteiger partial charge is 0.317 e. The van der Waals surface area contributed by atoms with E-state index in [1.54, 1.807) is 24.1 Å². The van der Waals surface area contributed by atoms with Crippen LogP contribution in [0.4, 0.5) is 4.79 Å². The third-order valence-corrected chi connectivity index (χ3v) is 2.90. The van der Waals surface area contributed by atoms with Crippen molar-refractivity contribution in [2.24, 2.45) is 10.9 Å². The van der Waals surface area contributed by atoms with Crippen molar-refractivity contribution in [3.8, 4) is 0 Å². The SMILES string of the molecule is CCCCNC(=O)N(C)Cc1cccc(C(N)=NO)c1. The zero-order valence-corrected chi connectivity index (χ0v) is 12.0. The van der Waals surface area contributed by atoms with Crippen LogP contribution in [0.25, 0.3) is 0 Å². The van der Waals surface area contributed by atoms with Gasteiger partial charge in [0.2, 0.25) is 0 Å². The minimum atomic E-state index is -0.104. The van der Waals surface area contributed by atoms with Crippen LogP contribution in [-0.4, -0.2) is 35.6 Å². The summed E-state index contributed by atoms with van der Waals surface area (Å²) < 4.78 is 0. The fourth-order valence-electron chi connectivity index (χ4n) is 1.74. The molecule has 0 saturated carbocycles. The quantitative estimate of drug-likeness (QED) is 0.243. The molecule has 0 saturated heterocycles. The van der Waals surface area contributed by atoms with Crippen molar-refractivity contribution in [3.05, 3.63) is 35.4 Å². The molecule has 110 valence electrons. The van der Waals surface area contributed by atoms with Gasteiger partial charge >= 0.3 is 6.03 Å². The molecule has 1 aromatic rings. The average molecular weight is 278 g/mol. The molecule has 0 unspecified atom stereocenters. The Bertz CT molecular complexity index is 474. The number of nitrogens with one attached hydrogen (secondary N) is 1. The number of benzene rings is 1. The van der Waals surface area contributed by atoms with E-state index in [2.05, 4.69) is 17.4 Å². The Morgan fingerprint density at radius 1 is 1.50 bits per heavy atom. The van der Waals surface area contributed by atoms with Gasteiger partial charge < -0.3 is 21.2 Å². The Kier molecular flexibility index (Phi) is 6.36. The molecule has 2 amide bonds. The first-order valence-electron chi connectivity index (χ1n) is 6.64. The number of oxime groups is 1. The minimum Gasteiger partial charge on any atom is -0.409 e. The predicted octanol–water partition coefficient (Wildman–Crippen LogP) is 1.72. The number of carbonyl (C=O) groups is 1. The summed E-state index contributed by atoms with van der Waals surface area (Å²) in [5.41, 5.74) is 7.09. The van der Waals surface area contributed by atoms with Crippen molar-refractivity contribution in [1.29, 1.82) is 0 Å². The van der Waals surface area contributed by atoms with Crippen LogP contribution in [0.15, 0.2) is 29.4 Å². The third kappa shape index (κ3) is 4.79. The van der Waals surface area contributed by atoms with Crippen LogP contribution in [0, 0.1) is 0 Å². The van der Waals surface area contributed by atoms with Gasteiger partial charge in [0.15, 0.2) is 5.84 Å². The van der Waals surface area contributed by atoms with E-state index in [0.717, 1.165) is 18.4 Å². The molecule has 0 aromatic heterocycles. The highest BCUT2D eigenvalue weighted by Gasteiger charge is 2.09. The molecule has 6 heteroatoms. The molecule has 0 bridgehead atoms. The standard InChI is InChI=1S/C14H22N4O2/c1-3-4-8-16-14(19)18(2)10-11-6-5-7-12(9-11)13(15)17-20/h5-7,9,20H,3-4,8,10H2,1-2H3,(H2,15,17)(H,16,19). The van der Waals surface area contributed by atoms with Gasteiger partial charge in [0.25, 0.3) is 0 Å². The molecular weight excluding hydrogens is 256 g/mol. The molecule has 4 N–H and O–H groups in total. The number of urea groups is 1. The number of amides is 2. The summed E-state index contributed by atoms with van der Waals surface area (Å²) in [6.07, 6.45) is 2.02. The fourth-order valence-corrected chi connectivity index (χ4v) is 1.74. The third-order valence-electron chi connectivity index (χ3n) is 2.90. The second kappa shape index (κ2) is 8.04. The van der Waals surface area contributed by atoms with Gasteiger partial charge in [-0.2, -0.15) is 0 Å². The molecular formula is C14H22N4O2. The molecule has 0 radical (unpaired) electrons. The van der Waals surface area contributed by atoms with Crippen LogP contribution in [-0.2, 0) is 6.54 Å². The average Bonchev–Trinajstić information content (AvgIpc) is 2.46. The van der Waals surface area contributed by atoms with E-state index < -0.39 is 0 Å². The molecule has 0 atom stereocenters. The number of nitrogens with zero attached hydrogens (tertiary/aromatic N) is 2. The van der Waals surface area contributed by atoms with Gasteiger partial charge in [0.05, 0.1) is 0 Å². The van der Waals surface area contributed by atoms with Crippen LogP contribution in [0.2, 0.25) is 0 Å². The molecule has 0 spiro atoms. The summed E-state index contributed by atoms with van der Waals surface area (Å²) in [5.74, 6) is 0.0573. The van der Waals surface area contributed by atoms with Gasteiger partial charge in [-0.3, -0.25) is 0 Å². The molecule has 1 aromatic carbocycles. The summed E-state index contributed by atoms with van der Waals surface area (Å²) in [5, 5.41) is 14.5. The number of hydrogen-bond acceptors (Lipinski definition) is 3. The van der Waals surface area contributed by atoms with Gasteiger partial charge in [-0.25, -0.2) is 4.79 Å². The number of unbranched alkanes of at least 4 members (excludes halogenated alkanes) is 1. The zero-order valence-electron chi connectivity index (χ0n) is 12.0. The Labute approximate surface area is 119 Å². The van der Waals surface area contributed by atoms with E-state index in [9.17, 15) is 4.79 Å². The Balaban J connectivity index is 2.61. The Morgan fingerprint density at radius 2 is 2.25 bits per heavy atom. The summed E-state index contributed by atoms with van der Waals surface area (Å²) in [4.78, 5) is 13.4. The molecule has 0 aliphatic carbocycles. The summed E-state index contributed by atoms with van der Waals surface area (Å²) >= 11 is 0. The van der Waals surface area contributed by atoms with Crippen LogP contribution < -0.4 is 11.1 Å². The van der Waals surface area contributed by atoms with E-state index in [-0.39, 0.29) is 11.9 Å². The van der Waals surface area contributed by atoms with Crippen molar-refractivity contribution in [2.45, 2.75) is 26.3 Å². The maximum atomic E-state index is 11.8. The van der Waals surface area contributed by atoms with Gasteiger partial charge in [0, 0.05) is 25.7 Å². The number of nitrogens with two attached hydrogens (primary N) is 1. The lowest BCUT2D eigenvalue weighted by molar-refractivity contribution is 0.207. The number of hydrogen-bond donors (Lipinski definition) is 3. The van der Waals surface area contributed by atoms with Gasteiger partial charge in [-0.05, 0) is 18.1 Å². The lowest BCUT2D eigenvalue weighted by Crippen LogP contribution is -2.37. The molecule has 0 aliphatic rings. The van der Waals surface area contributed by atoms with E-state index >= 15 is 0 Å². The summed E-state index contributed by atoms with van der Waals surface area (Å²) in [6.45, 7) is 3.23. The lowest BCUT2D eigenvalue weighted by atomic mass is 10.1. The van der Waals surface area contributed by atoms with E-state index in [0.29, 0.717) is 18.7 Å². The fraction of sp³-hybridized carbons (Fsp3) is 0.429. The lowest BCUT2D eigenvalue weighted by Gasteiger charge is -2.18. The molecule has 0 fully saturated rings. The van der Waals surface area contributed by atoms with E-state index in [1.165, 1.54) is 0 Å². The Morgan fingerprint density at radius 3 is 2.90 bits per heavy atom. The normalized spacial score (nSPS) is 11.2. The largest absolute Gasteiger partial charge is 0.409 e. The topological polar surface area (TPSA) is 91.0 Å². The monoisotopic (exact) mass is 278 g/mol. The van der Waals surface area contributed by atoms with Crippen molar-refractivity contribution in [3.63, 3.8) is 0 Å². The predicted molar refractivity (Wildman–Crippen MR) is 78.7 cm³/mol. The molecule has 0 aliphatic heterocycles. The summed E-state index contributed by atoms with van der Waals surface area (Å²) in [7, 11) is 1.73. The number of rotatable bonds is 6. The van der Waals surface area contributed by atoms with Crippen molar-refractivity contribution in [1.82, 2.24) is 10.2 Å². The highest BCUT2D eigenvalue weighted by molar-refractivity contribution is 5.97. The van der Waals surface area contributed by atoms with Crippen molar-refractivity contribution in [2.75, 3.05) is 13.6 Å². The van der Waals surface area contributed by atoms with Gasteiger partial charge in [-0.1, -0.05) is 36.7 Å². The molecule has 1 rings (SSSR count). The second-order valence-corrected chi connectivity index (χ2v) is 4.63. The zero-order chi connectivity index (χ0) is 15.0.